The van der Waals surface area contributed by atoms with E-state index in [0.29, 0.717) is 0 Å². The molecule has 0 amide bonds. The highest BCUT2D eigenvalue weighted by Crippen LogP contribution is 1.93. The van der Waals surface area contributed by atoms with Gasteiger partial charge in [-0.25, -0.2) is 0 Å². The van der Waals surface area contributed by atoms with Crippen LogP contribution in [0.15, 0.2) is 0 Å². The molecule has 0 saturated heterocycles. The largest absolute Gasteiger partial charge is 0.295 e. The first kappa shape index (κ1) is 11.3. The fourth-order valence-electron chi connectivity index (χ4n) is 0. The lowest BCUT2D eigenvalue weighted by molar-refractivity contribution is 0.396. The van der Waals surface area contributed by atoms with Crippen LogP contribution in [0, 0.1) is 0 Å². The first-order valence-electron chi connectivity index (χ1n) is 2.12. The zero-order chi connectivity index (χ0) is 7.15. The highest BCUT2D eigenvalue weighted by molar-refractivity contribution is 6.20. The lowest BCUT2D eigenvalue weighted by Crippen LogP contribution is -2.17. The van der Waals surface area contributed by atoms with Crippen molar-refractivity contribution in [2.75, 3.05) is 14.1 Å². The summed E-state index contributed by atoms with van der Waals surface area (Å²) in [7, 11) is 3.88. The maximum Gasteiger partial charge on any atom is 0.0816 e. The number of alkyl halides is 1. The third kappa shape index (κ3) is 9.71. The Hall–Kier alpha value is 0.500. The molecule has 0 aliphatic heterocycles. The number of halogens is 2. The summed E-state index contributed by atoms with van der Waals surface area (Å²) in [6, 6.07) is 0. The number of hydrogen-bond donors (Lipinski definition) is 1. The van der Waals surface area contributed by atoms with Crippen molar-refractivity contribution >= 4 is 23.5 Å². The molecule has 0 bridgehead atoms. The lowest BCUT2D eigenvalue weighted by Gasteiger charge is -2.09. The van der Waals surface area contributed by atoms with Crippen LogP contribution in [-0.4, -0.2) is 29.2 Å². The molecule has 0 fully saturated rings. The molecule has 0 radical (unpaired) electrons. The van der Waals surface area contributed by atoms with Crippen molar-refractivity contribution < 1.29 is 4.66 Å². The van der Waals surface area contributed by atoms with Crippen LogP contribution in [0.5, 0.6) is 0 Å². The van der Waals surface area contributed by atoms with E-state index in [1.54, 1.807) is 0 Å². The summed E-state index contributed by atoms with van der Waals surface area (Å²) in [6.45, 7) is 1.93. The molecular formula is C4H11Cl2NO. The third-order valence-electron chi connectivity index (χ3n) is 0.712. The fraction of sp³-hybridized carbons (Fsp3) is 1.00. The van der Waals surface area contributed by atoms with Crippen LogP contribution in [0.4, 0.5) is 0 Å². The Bertz CT molecular complexity index is 35.0. The molecule has 1 unspecified atom stereocenters. The van der Waals surface area contributed by atoms with E-state index >= 15 is 0 Å². The van der Waals surface area contributed by atoms with Crippen LogP contribution in [-0.2, 0) is 0 Å². The Morgan fingerprint density at radius 3 is 1.50 bits per heavy atom. The molecule has 0 aromatic rings. The summed E-state index contributed by atoms with van der Waals surface area (Å²) < 4.78 is 6.47. The van der Waals surface area contributed by atoms with Crippen molar-refractivity contribution in [2.45, 2.75) is 12.4 Å². The van der Waals surface area contributed by atoms with E-state index in [-0.39, 0.29) is 5.50 Å². The van der Waals surface area contributed by atoms with Crippen molar-refractivity contribution in [1.29, 1.82) is 0 Å². The van der Waals surface area contributed by atoms with Gasteiger partial charge in [-0.2, -0.15) is 0 Å². The van der Waals surface area contributed by atoms with Crippen LogP contribution in [0.25, 0.3) is 0 Å². The minimum absolute atomic E-state index is 0.157. The summed E-state index contributed by atoms with van der Waals surface area (Å²) in [5, 5.41) is 0. The van der Waals surface area contributed by atoms with Gasteiger partial charge in [-0.05, 0) is 21.0 Å². The quantitative estimate of drug-likeness (QED) is 0.461. The summed E-state index contributed by atoms with van der Waals surface area (Å²) in [4.78, 5) is 1.93. The molecule has 0 rings (SSSR count). The summed E-state index contributed by atoms with van der Waals surface area (Å²) in [5.74, 6) is 0. The molecule has 0 heterocycles. The zero-order valence-corrected chi connectivity index (χ0v) is 6.74. The number of rotatable bonds is 1. The molecule has 8 heavy (non-hydrogen) atoms. The first-order chi connectivity index (χ1) is 3.64. The SMILES string of the molecule is CC(Cl)N(C)C.OCl. The molecule has 1 atom stereocenters. The Morgan fingerprint density at radius 1 is 1.38 bits per heavy atom. The molecule has 1 N–H and O–H groups in total. The summed E-state index contributed by atoms with van der Waals surface area (Å²) >= 11 is 9.18. The second-order valence-electron chi connectivity index (χ2n) is 1.54. The maximum atomic E-state index is 6.47. The van der Waals surface area contributed by atoms with Crippen molar-refractivity contribution in [2.24, 2.45) is 0 Å². The Balaban J connectivity index is 0. The topological polar surface area (TPSA) is 23.5 Å². The first-order valence-corrected chi connectivity index (χ1v) is 2.89. The van der Waals surface area contributed by atoms with Crippen molar-refractivity contribution in [3.8, 4) is 0 Å². The molecule has 0 aromatic heterocycles. The Kier molecular flexibility index (Phi) is 10.6. The minimum atomic E-state index is 0.157. The number of hydrogen-bond acceptors (Lipinski definition) is 2. The van der Waals surface area contributed by atoms with Crippen LogP contribution in [0.1, 0.15) is 6.92 Å². The third-order valence-corrected chi connectivity index (χ3v) is 1.10. The molecule has 0 aliphatic carbocycles. The summed E-state index contributed by atoms with van der Waals surface area (Å²) in [5.41, 5.74) is 0.157. The van der Waals surface area contributed by atoms with E-state index in [9.17, 15) is 0 Å². The van der Waals surface area contributed by atoms with E-state index < -0.39 is 0 Å². The molecule has 0 aliphatic rings. The van der Waals surface area contributed by atoms with E-state index in [1.165, 1.54) is 0 Å². The van der Waals surface area contributed by atoms with Gasteiger partial charge < -0.3 is 0 Å². The molecule has 0 spiro atoms. The van der Waals surface area contributed by atoms with E-state index in [0.717, 1.165) is 0 Å². The predicted octanol–water partition coefficient (Wildman–Crippen LogP) is 1.27. The van der Waals surface area contributed by atoms with Gasteiger partial charge in [0, 0.05) is 0 Å². The van der Waals surface area contributed by atoms with Crippen LogP contribution < -0.4 is 0 Å². The Morgan fingerprint density at radius 2 is 1.50 bits per heavy atom. The normalized spacial score (nSPS) is 12.4. The number of nitrogens with zero attached hydrogens (tertiary/aromatic N) is 1. The highest BCUT2D eigenvalue weighted by Gasteiger charge is 1.93. The van der Waals surface area contributed by atoms with Gasteiger partial charge in [0.2, 0.25) is 0 Å². The van der Waals surface area contributed by atoms with Gasteiger partial charge in [0.25, 0.3) is 0 Å². The van der Waals surface area contributed by atoms with E-state index in [1.807, 2.05) is 25.9 Å². The van der Waals surface area contributed by atoms with Gasteiger partial charge in [-0.1, -0.05) is 0 Å². The second kappa shape index (κ2) is 7.50. The standard InChI is InChI=1S/C4H10ClN.ClHO/c1-4(5)6(2)3;1-2/h4H,1-3H3;2H. The molecule has 52 valence electrons. The minimum Gasteiger partial charge on any atom is -0.295 e. The molecule has 0 aromatic carbocycles. The molecular weight excluding hydrogens is 149 g/mol. The highest BCUT2D eigenvalue weighted by atomic mass is 35.5. The fourth-order valence-corrected chi connectivity index (χ4v) is 0. The average molecular weight is 160 g/mol. The van der Waals surface area contributed by atoms with Crippen molar-refractivity contribution in [3.05, 3.63) is 0 Å². The van der Waals surface area contributed by atoms with Crippen LogP contribution in [0.3, 0.4) is 0 Å². The van der Waals surface area contributed by atoms with Gasteiger partial charge in [-0.15, -0.1) is 11.6 Å². The molecule has 0 saturated carbocycles. The lowest BCUT2D eigenvalue weighted by atomic mass is 10.7. The van der Waals surface area contributed by atoms with Gasteiger partial charge in [-0.3, -0.25) is 9.56 Å². The molecule has 2 nitrogen and oxygen atoms in total. The van der Waals surface area contributed by atoms with Gasteiger partial charge in [0.1, 0.15) is 0 Å². The van der Waals surface area contributed by atoms with Gasteiger partial charge >= 0.3 is 0 Å². The van der Waals surface area contributed by atoms with Crippen molar-refractivity contribution in [3.63, 3.8) is 0 Å². The van der Waals surface area contributed by atoms with Crippen molar-refractivity contribution in [1.82, 2.24) is 4.90 Å². The summed E-state index contributed by atoms with van der Waals surface area (Å²) in [6.07, 6.45) is 0. The maximum absolute atomic E-state index is 6.47. The van der Waals surface area contributed by atoms with E-state index in [4.69, 9.17) is 16.3 Å². The van der Waals surface area contributed by atoms with Gasteiger partial charge in [0.15, 0.2) is 0 Å². The Labute approximate surface area is 60.2 Å². The van der Waals surface area contributed by atoms with Crippen LogP contribution in [0.2, 0.25) is 0 Å². The van der Waals surface area contributed by atoms with Gasteiger partial charge in [0.05, 0.1) is 17.4 Å². The van der Waals surface area contributed by atoms with Crippen LogP contribution >= 0.6 is 23.5 Å². The predicted molar refractivity (Wildman–Crippen MR) is 37.1 cm³/mol. The second-order valence-corrected chi connectivity index (χ2v) is 2.17. The molecule has 4 heteroatoms. The average Bonchev–Trinajstić information content (AvgIpc) is 1.72. The van der Waals surface area contributed by atoms with E-state index in [2.05, 4.69) is 11.9 Å². The smallest absolute Gasteiger partial charge is 0.0816 e. The monoisotopic (exact) mass is 159 g/mol. The zero-order valence-electron chi connectivity index (χ0n) is 5.23.